The van der Waals surface area contributed by atoms with Gasteiger partial charge in [0.1, 0.15) is 0 Å². The first-order chi connectivity index (χ1) is 6.93. The van der Waals surface area contributed by atoms with Crippen LogP contribution in [0, 0.1) is 0 Å². The van der Waals surface area contributed by atoms with Gasteiger partial charge in [0, 0.05) is 6.42 Å². The molecule has 80 valence electrons. The minimum atomic E-state index is -0.376. The second kappa shape index (κ2) is 4.39. The van der Waals surface area contributed by atoms with Gasteiger partial charge >= 0.3 is 0 Å². The highest BCUT2D eigenvalue weighted by atomic mass is 16.2. The molecule has 1 aromatic carbocycles. The molecular formula is C13H16O2. The predicted molar refractivity (Wildman–Crippen MR) is 59.9 cm³/mol. The number of ketones is 1. The molecule has 1 rings (SSSR count). The monoisotopic (exact) mass is 204 g/mol. The Bertz CT molecular complexity index is 355. The van der Waals surface area contributed by atoms with E-state index in [9.17, 15) is 9.59 Å². The van der Waals surface area contributed by atoms with Gasteiger partial charge in [0.05, 0.1) is 0 Å². The molecule has 0 fully saturated rings. The topological polar surface area (TPSA) is 34.1 Å². The Labute approximate surface area is 90.3 Å². The van der Waals surface area contributed by atoms with Crippen molar-refractivity contribution in [3.05, 3.63) is 35.4 Å². The number of benzene rings is 1. The molecule has 15 heavy (non-hydrogen) atoms. The molecule has 0 aliphatic carbocycles. The van der Waals surface area contributed by atoms with Crippen LogP contribution in [0.15, 0.2) is 24.3 Å². The van der Waals surface area contributed by atoms with Crippen LogP contribution in [0.5, 0.6) is 0 Å². The Kier molecular flexibility index (Phi) is 3.40. The Morgan fingerprint density at radius 3 is 2.13 bits per heavy atom. The first-order valence-electron chi connectivity index (χ1n) is 5.01. The van der Waals surface area contributed by atoms with Crippen molar-refractivity contribution >= 4 is 12.1 Å². The van der Waals surface area contributed by atoms with Gasteiger partial charge in [-0.15, -0.1) is 0 Å². The van der Waals surface area contributed by atoms with Crippen molar-refractivity contribution in [2.75, 3.05) is 0 Å². The summed E-state index contributed by atoms with van der Waals surface area (Å²) in [6.07, 6.45) is 0.575. The highest BCUT2D eigenvalue weighted by Gasteiger charge is 2.13. The smallest absolute Gasteiger partial charge is 0.199 e. The molecule has 0 amide bonds. The average Bonchev–Trinajstić information content (AvgIpc) is 2.17. The molecule has 0 aromatic heterocycles. The molecule has 0 bridgehead atoms. The van der Waals surface area contributed by atoms with Crippen molar-refractivity contribution in [1.82, 2.24) is 0 Å². The van der Waals surface area contributed by atoms with E-state index in [1.165, 1.54) is 5.56 Å². The van der Waals surface area contributed by atoms with Crippen LogP contribution in [0.3, 0.4) is 0 Å². The summed E-state index contributed by atoms with van der Waals surface area (Å²) in [6, 6.07) is 7.82. The fourth-order valence-corrected chi connectivity index (χ4v) is 1.37. The van der Waals surface area contributed by atoms with Crippen LogP contribution in [0.25, 0.3) is 0 Å². The van der Waals surface area contributed by atoms with Gasteiger partial charge in [-0.05, 0) is 16.5 Å². The number of rotatable bonds is 3. The molecule has 0 heterocycles. The molecule has 0 saturated carbocycles. The van der Waals surface area contributed by atoms with E-state index in [1.807, 2.05) is 24.3 Å². The van der Waals surface area contributed by atoms with E-state index in [-0.39, 0.29) is 17.6 Å². The van der Waals surface area contributed by atoms with Crippen LogP contribution in [-0.2, 0) is 21.4 Å². The van der Waals surface area contributed by atoms with Crippen molar-refractivity contribution in [1.29, 1.82) is 0 Å². The normalized spacial score (nSPS) is 11.1. The fourth-order valence-electron chi connectivity index (χ4n) is 1.37. The maximum atomic E-state index is 10.9. The number of aldehydes is 1. The van der Waals surface area contributed by atoms with Crippen LogP contribution in [-0.4, -0.2) is 12.1 Å². The van der Waals surface area contributed by atoms with Crippen LogP contribution in [0.4, 0.5) is 0 Å². The summed E-state index contributed by atoms with van der Waals surface area (Å²) in [5, 5.41) is 0. The largest absolute Gasteiger partial charge is 0.295 e. The molecule has 1 aromatic rings. The fraction of sp³-hybridized carbons (Fsp3) is 0.385. The van der Waals surface area contributed by atoms with Crippen LogP contribution in [0.1, 0.15) is 31.9 Å². The minimum absolute atomic E-state index is 0.118. The molecule has 0 atom stereocenters. The number of carbonyl (C=O) groups is 2. The molecular weight excluding hydrogens is 188 g/mol. The first kappa shape index (κ1) is 11.6. The van der Waals surface area contributed by atoms with Gasteiger partial charge in [0.15, 0.2) is 12.1 Å². The van der Waals surface area contributed by atoms with Crippen LogP contribution >= 0.6 is 0 Å². The summed E-state index contributed by atoms with van der Waals surface area (Å²) < 4.78 is 0. The number of Topliss-reactive ketones (excluding diaryl/α,β-unsaturated/α-hetero) is 1. The molecule has 2 heteroatoms. The molecule has 2 nitrogen and oxygen atoms in total. The number of hydrogen-bond acceptors (Lipinski definition) is 2. The summed E-state index contributed by atoms with van der Waals surface area (Å²) in [5.74, 6) is -0.376. The van der Waals surface area contributed by atoms with Crippen molar-refractivity contribution < 1.29 is 9.59 Å². The summed E-state index contributed by atoms with van der Waals surface area (Å²) in [7, 11) is 0. The molecule has 0 aliphatic heterocycles. The van der Waals surface area contributed by atoms with E-state index in [0.29, 0.717) is 6.29 Å². The number of carbonyl (C=O) groups excluding carboxylic acids is 2. The summed E-state index contributed by atoms with van der Waals surface area (Å²) in [5.41, 5.74) is 2.23. The van der Waals surface area contributed by atoms with Gasteiger partial charge in [-0.25, -0.2) is 0 Å². The zero-order chi connectivity index (χ0) is 11.5. The van der Waals surface area contributed by atoms with E-state index in [4.69, 9.17) is 0 Å². The third-order valence-corrected chi connectivity index (χ3v) is 2.33. The van der Waals surface area contributed by atoms with Crippen molar-refractivity contribution in [3.8, 4) is 0 Å². The summed E-state index contributed by atoms with van der Waals surface area (Å²) in [6.45, 7) is 6.41. The van der Waals surface area contributed by atoms with Gasteiger partial charge in [0.25, 0.3) is 0 Å². The Hall–Kier alpha value is -1.44. The lowest BCUT2D eigenvalue weighted by Crippen LogP contribution is -2.11. The average molecular weight is 204 g/mol. The standard InChI is InChI=1S/C13H16O2/c1-13(2,3)11-6-4-10(5-7-11)8-12(15)9-14/h4-7,9H,8H2,1-3H3. The Morgan fingerprint density at radius 1 is 1.20 bits per heavy atom. The van der Waals surface area contributed by atoms with E-state index in [1.54, 1.807) is 0 Å². The minimum Gasteiger partial charge on any atom is -0.295 e. The van der Waals surface area contributed by atoms with Crippen LogP contribution < -0.4 is 0 Å². The SMILES string of the molecule is CC(C)(C)c1ccc(CC(=O)C=O)cc1. The van der Waals surface area contributed by atoms with Gasteiger partial charge in [-0.3, -0.25) is 9.59 Å². The van der Waals surface area contributed by atoms with E-state index in [0.717, 1.165) is 5.56 Å². The lowest BCUT2D eigenvalue weighted by molar-refractivity contribution is -0.129. The lowest BCUT2D eigenvalue weighted by atomic mass is 9.86. The van der Waals surface area contributed by atoms with Crippen molar-refractivity contribution in [2.24, 2.45) is 0 Å². The number of hydrogen-bond donors (Lipinski definition) is 0. The maximum Gasteiger partial charge on any atom is 0.199 e. The zero-order valence-corrected chi connectivity index (χ0v) is 9.41. The highest BCUT2D eigenvalue weighted by molar-refractivity contribution is 6.25. The summed E-state index contributed by atoms with van der Waals surface area (Å²) >= 11 is 0. The second-order valence-corrected chi connectivity index (χ2v) is 4.71. The second-order valence-electron chi connectivity index (χ2n) is 4.71. The first-order valence-corrected chi connectivity index (χ1v) is 5.01. The third kappa shape index (κ3) is 3.31. The summed E-state index contributed by atoms with van der Waals surface area (Å²) in [4.78, 5) is 21.1. The highest BCUT2D eigenvalue weighted by Crippen LogP contribution is 2.22. The van der Waals surface area contributed by atoms with E-state index < -0.39 is 0 Å². The Morgan fingerprint density at radius 2 is 1.73 bits per heavy atom. The van der Waals surface area contributed by atoms with E-state index in [2.05, 4.69) is 20.8 Å². The van der Waals surface area contributed by atoms with E-state index >= 15 is 0 Å². The van der Waals surface area contributed by atoms with Crippen molar-refractivity contribution in [2.45, 2.75) is 32.6 Å². The molecule has 0 saturated heterocycles. The van der Waals surface area contributed by atoms with Gasteiger partial charge in [-0.1, -0.05) is 45.0 Å². The molecule has 0 N–H and O–H groups in total. The molecule has 0 radical (unpaired) electrons. The lowest BCUT2D eigenvalue weighted by Gasteiger charge is -2.18. The van der Waals surface area contributed by atoms with Crippen molar-refractivity contribution in [3.63, 3.8) is 0 Å². The van der Waals surface area contributed by atoms with Gasteiger partial charge in [0.2, 0.25) is 0 Å². The van der Waals surface area contributed by atoms with Gasteiger partial charge in [-0.2, -0.15) is 0 Å². The molecule has 0 spiro atoms. The van der Waals surface area contributed by atoms with Gasteiger partial charge < -0.3 is 0 Å². The van der Waals surface area contributed by atoms with Crippen LogP contribution in [0.2, 0.25) is 0 Å². The predicted octanol–water partition coefficient (Wildman–Crippen LogP) is 2.29. The maximum absolute atomic E-state index is 10.9. The molecule has 0 aliphatic rings. The zero-order valence-electron chi connectivity index (χ0n) is 9.41. The quantitative estimate of drug-likeness (QED) is 0.559. The molecule has 0 unspecified atom stereocenters. The third-order valence-electron chi connectivity index (χ3n) is 2.33. The Balaban J connectivity index is 2.81.